The first-order chi connectivity index (χ1) is 30.4. The van der Waals surface area contributed by atoms with Gasteiger partial charge in [-0.2, -0.15) is 0 Å². The highest BCUT2D eigenvalue weighted by Gasteiger charge is 2.59. The Morgan fingerprint density at radius 1 is 0.585 bits per heavy atom. The number of carbonyl (C=O) groups excluding carboxylic acids is 2. The van der Waals surface area contributed by atoms with E-state index in [2.05, 4.69) is 10.6 Å². The number of carboxylic acid groups (broad SMARTS) is 2. The van der Waals surface area contributed by atoms with Gasteiger partial charge in [0.1, 0.15) is 98.7 Å². The molecule has 0 aromatic rings. The fraction of sp³-hybridized carbons (Fsp3) is 0.882. The second-order valence-corrected chi connectivity index (χ2v) is 15.6. The lowest BCUT2D eigenvalue weighted by Gasteiger charge is -2.48. The van der Waals surface area contributed by atoms with Gasteiger partial charge in [0.25, 0.3) is 11.6 Å². The van der Waals surface area contributed by atoms with Gasteiger partial charge in [0.15, 0.2) is 12.6 Å². The van der Waals surface area contributed by atoms with Crippen LogP contribution in [0.2, 0.25) is 0 Å². The van der Waals surface area contributed by atoms with Crippen LogP contribution in [0, 0.1) is 0 Å². The molecule has 0 bridgehead atoms. The number of carboxylic acids is 2. The van der Waals surface area contributed by atoms with Gasteiger partial charge < -0.3 is 136 Å². The van der Waals surface area contributed by atoms with Crippen molar-refractivity contribution in [2.75, 3.05) is 39.6 Å². The highest BCUT2D eigenvalue weighted by molar-refractivity contribution is 5.79. The lowest BCUT2D eigenvalue weighted by Crippen LogP contribution is -2.69. The molecule has 2 amide bonds. The largest absolute Gasteiger partial charge is 0.477 e. The molecule has 0 aliphatic carbocycles. The van der Waals surface area contributed by atoms with E-state index in [0.717, 1.165) is 0 Å². The van der Waals surface area contributed by atoms with E-state index in [9.17, 15) is 111 Å². The molecule has 65 heavy (non-hydrogen) atoms. The van der Waals surface area contributed by atoms with E-state index in [4.69, 9.17) is 33.2 Å². The molecule has 4 heterocycles. The summed E-state index contributed by atoms with van der Waals surface area (Å²) >= 11 is 0. The smallest absolute Gasteiger partial charge is 0.364 e. The second-order valence-electron chi connectivity index (χ2n) is 15.6. The molecular weight excluding hydrogens is 900 g/mol. The molecule has 4 fully saturated rings. The van der Waals surface area contributed by atoms with Crippen molar-refractivity contribution in [3.8, 4) is 0 Å². The van der Waals surface area contributed by atoms with Crippen molar-refractivity contribution in [2.45, 2.75) is 147 Å². The van der Waals surface area contributed by atoms with Gasteiger partial charge in [-0.1, -0.05) is 0 Å². The molecule has 4 aliphatic heterocycles. The first-order valence-electron chi connectivity index (χ1n) is 19.7. The third kappa shape index (κ3) is 12.0. The minimum absolute atomic E-state index is 1.07. The number of hydrogen-bond acceptors (Lipinski definition) is 27. The summed E-state index contributed by atoms with van der Waals surface area (Å²) in [4.78, 5) is 49.6. The van der Waals surface area contributed by atoms with E-state index < -0.39 is 210 Å². The summed E-state index contributed by atoms with van der Waals surface area (Å²) in [5, 5.41) is 190. The molecule has 31 nitrogen and oxygen atoms in total. The molecular formula is C34H56N2O29. The van der Waals surface area contributed by atoms with Gasteiger partial charge in [0.05, 0.1) is 50.7 Å². The van der Waals surface area contributed by atoms with Gasteiger partial charge >= 0.3 is 11.9 Å². The number of hydrogen-bond donors (Lipinski definition) is 20. The number of ether oxygens (including phenoxy) is 7. The van der Waals surface area contributed by atoms with Crippen molar-refractivity contribution in [1.29, 1.82) is 0 Å². The lowest BCUT2D eigenvalue weighted by molar-refractivity contribution is -0.354. The van der Waals surface area contributed by atoms with Crippen molar-refractivity contribution in [2.24, 2.45) is 0 Å². The summed E-state index contributed by atoms with van der Waals surface area (Å²) in [6, 6.07) is -3.64. The number of carbonyl (C=O) groups is 4. The van der Waals surface area contributed by atoms with Crippen LogP contribution in [0.5, 0.6) is 0 Å². The fourth-order valence-electron chi connectivity index (χ4n) is 7.50. The van der Waals surface area contributed by atoms with Crippen molar-refractivity contribution in [3.05, 3.63) is 0 Å². The van der Waals surface area contributed by atoms with Crippen LogP contribution < -0.4 is 10.6 Å². The minimum Gasteiger partial charge on any atom is -0.477 e. The summed E-state index contributed by atoms with van der Waals surface area (Å²) in [6.07, 6.45) is -40.6. The van der Waals surface area contributed by atoms with Gasteiger partial charge in [-0.25, -0.2) is 9.59 Å². The van der Waals surface area contributed by atoms with Gasteiger partial charge in [0, 0.05) is 12.8 Å². The summed E-state index contributed by atoms with van der Waals surface area (Å²) in [5.74, 6) is -12.6. The zero-order chi connectivity index (χ0) is 48.9. The number of aliphatic hydroxyl groups is 16. The third-order valence-corrected chi connectivity index (χ3v) is 11.2. The molecule has 20 N–H and O–H groups in total. The third-order valence-electron chi connectivity index (χ3n) is 11.2. The molecule has 0 radical (unpaired) electrons. The van der Waals surface area contributed by atoms with Crippen LogP contribution in [-0.4, -0.2) is 289 Å². The van der Waals surface area contributed by atoms with Crippen LogP contribution in [0.15, 0.2) is 0 Å². The average molecular weight is 957 g/mol. The monoisotopic (exact) mass is 956 g/mol. The Bertz CT molecular complexity index is 1600. The predicted molar refractivity (Wildman–Crippen MR) is 194 cm³/mol. The van der Waals surface area contributed by atoms with Gasteiger partial charge in [-0.05, 0) is 0 Å². The zero-order valence-corrected chi connectivity index (χ0v) is 33.7. The molecule has 0 aromatic carbocycles. The van der Waals surface area contributed by atoms with Crippen molar-refractivity contribution in [1.82, 2.24) is 10.6 Å². The summed E-state index contributed by atoms with van der Waals surface area (Å²) in [5.41, 5.74) is 0. The number of aliphatic carboxylic acids is 2. The Balaban J connectivity index is 1.58. The Kier molecular flexibility index (Phi) is 19.2. The maximum Gasteiger partial charge on any atom is 0.364 e. The molecule has 0 spiro atoms. The Hall–Kier alpha value is -3.04. The van der Waals surface area contributed by atoms with Crippen LogP contribution in [0.1, 0.15) is 12.8 Å². The first-order valence-corrected chi connectivity index (χ1v) is 19.7. The normalized spacial score (nSPS) is 42.0. The van der Waals surface area contributed by atoms with Crippen molar-refractivity contribution < 1.29 is 144 Å². The lowest BCUT2D eigenvalue weighted by atomic mass is 9.88. The van der Waals surface area contributed by atoms with Gasteiger partial charge in [0.2, 0.25) is 11.8 Å². The summed E-state index contributed by atoms with van der Waals surface area (Å²) < 4.78 is 37.9. The van der Waals surface area contributed by atoms with E-state index in [0.29, 0.717) is 0 Å². The highest BCUT2D eigenvalue weighted by Crippen LogP contribution is 2.37. The van der Waals surface area contributed by atoms with Crippen LogP contribution in [-0.2, 0) is 52.3 Å². The van der Waals surface area contributed by atoms with Crippen molar-refractivity contribution in [3.63, 3.8) is 0 Å². The molecule has 0 aromatic heterocycles. The van der Waals surface area contributed by atoms with Crippen LogP contribution in [0.3, 0.4) is 0 Å². The molecule has 31 heteroatoms. The average Bonchev–Trinajstić information content (AvgIpc) is 3.27. The maximum absolute atomic E-state index is 12.7. The molecule has 4 saturated heterocycles. The molecule has 22 atom stereocenters. The van der Waals surface area contributed by atoms with E-state index in [1.165, 1.54) is 0 Å². The van der Waals surface area contributed by atoms with E-state index in [-0.39, 0.29) is 0 Å². The van der Waals surface area contributed by atoms with Crippen molar-refractivity contribution >= 4 is 23.8 Å². The van der Waals surface area contributed by atoms with Gasteiger partial charge in [-0.3, -0.25) is 9.59 Å². The van der Waals surface area contributed by atoms with E-state index in [1.807, 2.05) is 0 Å². The van der Waals surface area contributed by atoms with Crippen LogP contribution >= 0.6 is 0 Å². The SMILES string of the molecule is O=C(CO)N[C@H]1[C@H]([C@H](O)[C@H](O)CO)O[C@@](OC[C@H]2O[C@H](O[C@H](CO)[C@@H](O)[C@@H]3O[C@@](OC[C@H]4O[C@@H](O)[C@H](O)[C@@H](O)[C@@H]4O)(C(=O)O)C[C@H](O)[C@H]3NC(=O)CO)[C@H](O)[C@@H](O)[C@@H]2O)(C(=O)O)C[C@@H]1O. The van der Waals surface area contributed by atoms with E-state index in [1.54, 1.807) is 0 Å². The Morgan fingerprint density at radius 2 is 1.02 bits per heavy atom. The number of nitrogens with one attached hydrogen (secondary N) is 2. The number of rotatable bonds is 20. The zero-order valence-electron chi connectivity index (χ0n) is 33.7. The quantitative estimate of drug-likeness (QED) is 0.0539. The highest BCUT2D eigenvalue weighted by atomic mass is 16.8. The predicted octanol–water partition coefficient (Wildman–Crippen LogP) is -13.1. The Labute approximate surface area is 365 Å². The Morgan fingerprint density at radius 3 is 1.43 bits per heavy atom. The summed E-state index contributed by atoms with van der Waals surface area (Å²) in [6.45, 7) is -7.12. The molecule has 0 unspecified atom stereocenters. The van der Waals surface area contributed by atoms with Crippen LogP contribution in [0.4, 0.5) is 0 Å². The molecule has 4 rings (SSSR count). The molecule has 4 aliphatic rings. The molecule has 376 valence electrons. The van der Waals surface area contributed by atoms with E-state index >= 15 is 0 Å². The standard InChI is InChI=1S/C34H56N2O29/c37-3-11(43)19(46)27-17(35-15(44)5-39)9(41)1-33(64-27,31(55)56)60-8-14-21(48)24(51)26(53)30(63-14)62-12(4-38)22(49)28-18(36-16(45)6-40)10(42)2-34(65-28,32(57)58)59-7-13-20(47)23(50)25(52)29(54)61-13/h9-14,17-30,37-43,46-54H,1-8H2,(H,35,44)(H,36,45)(H,55,56)(H,57,58)/t9-,10-,11+,12+,13+,14+,17+,18+,19+,20+,21+,22+,23-,24-,25+,26+,27+,28+,29+,30-,33+,34+/m0/s1. The fourth-order valence-corrected chi connectivity index (χ4v) is 7.50. The van der Waals surface area contributed by atoms with Gasteiger partial charge in [-0.15, -0.1) is 0 Å². The number of amides is 2. The second kappa shape index (κ2) is 22.8. The first kappa shape index (κ1) is 54.6. The summed E-state index contributed by atoms with van der Waals surface area (Å²) in [7, 11) is 0. The molecule has 0 saturated carbocycles. The maximum atomic E-state index is 12.7. The van der Waals surface area contributed by atoms with Crippen LogP contribution in [0.25, 0.3) is 0 Å². The minimum atomic E-state index is -3.07. The number of aliphatic hydroxyl groups excluding tert-OH is 16. The topological polar surface area (TPSA) is 521 Å².